The van der Waals surface area contributed by atoms with Crippen molar-refractivity contribution in [1.29, 1.82) is 0 Å². The van der Waals surface area contributed by atoms with Crippen LogP contribution in [0.5, 0.6) is 0 Å². The summed E-state index contributed by atoms with van der Waals surface area (Å²) in [6, 6.07) is 7.00. The highest BCUT2D eigenvalue weighted by atomic mass is 19.1. The van der Waals surface area contributed by atoms with Crippen LogP contribution in [0.2, 0.25) is 0 Å². The zero-order chi connectivity index (χ0) is 18.1. The average Bonchev–Trinajstić information content (AvgIpc) is 3.16. The van der Waals surface area contributed by atoms with E-state index in [4.69, 9.17) is 4.52 Å². The molecule has 140 valence electrons. The third-order valence-electron chi connectivity index (χ3n) is 6.29. The molecule has 1 aromatic heterocycles. The van der Waals surface area contributed by atoms with Crippen molar-refractivity contribution in [1.82, 2.24) is 15.0 Å². The Morgan fingerprint density at radius 3 is 2.46 bits per heavy atom. The van der Waals surface area contributed by atoms with Crippen LogP contribution in [0.1, 0.15) is 41.8 Å². The largest absolute Gasteiger partial charge is 0.361 e. The molecule has 0 atom stereocenters. The second-order valence-corrected chi connectivity index (χ2v) is 8.17. The fourth-order valence-electron chi connectivity index (χ4n) is 4.60. The molecular weight excluding hydrogens is 329 g/mol. The molecule has 0 aliphatic carbocycles. The Hall–Kier alpha value is -1.72. The molecule has 5 heteroatoms. The topological polar surface area (TPSA) is 32.5 Å². The minimum Gasteiger partial charge on any atom is -0.361 e. The van der Waals surface area contributed by atoms with E-state index in [0.717, 1.165) is 49.7 Å². The van der Waals surface area contributed by atoms with Gasteiger partial charge in [-0.05, 0) is 75.9 Å². The third-order valence-corrected chi connectivity index (χ3v) is 6.29. The number of benzene rings is 1. The number of likely N-dealkylation sites (tertiary alicyclic amines) is 2. The highest BCUT2D eigenvalue weighted by Gasteiger charge is 2.40. The molecule has 0 radical (unpaired) electrons. The predicted molar refractivity (Wildman–Crippen MR) is 99.2 cm³/mol. The monoisotopic (exact) mass is 357 g/mol. The molecule has 1 spiro atoms. The lowest BCUT2D eigenvalue weighted by atomic mass is 9.77. The molecule has 0 bridgehead atoms. The van der Waals surface area contributed by atoms with Crippen LogP contribution < -0.4 is 0 Å². The van der Waals surface area contributed by atoms with Gasteiger partial charge in [0.2, 0.25) is 0 Å². The van der Waals surface area contributed by atoms with Gasteiger partial charge in [-0.2, -0.15) is 0 Å². The fourth-order valence-corrected chi connectivity index (χ4v) is 4.60. The van der Waals surface area contributed by atoms with E-state index < -0.39 is 0 Å². The summed E-state index contributed by atoms with van der Waals surface area (Å²) >= 11 is 0. The van der Waals surface area contributed by atoms with Crippen LogP contribution in [0.4, 0.5) is 4.39 Å². The van der Waals surface area contributed by atoms with E-state index in [9.17, 15) is 4.39 Å². The van der Waals surface area contributed by atoms with Crippen molar-refractivity contribution in [2.24, 2.45) is 5.41 Å². The van der Waals surface area contributed by atoms with Gasteiger partial charge in [0.05, 0.1) is 5.69 Å². The maximum absolute atomic E-state index is 13.4. The van der Waals surface area contributed by atoms with Crippen LogP contribution >= 0.6 is 0 Å². The van der Waals surface area contributed by atoms with Crippen LogP contribution in [-0.2, 0) is 13.1 Å². The first-order valence-electron chi connectivity index (χ1n) is 9.64. The third kappa shape index (κ3) is 3.69. The fraction of sp³-hybridized carbons (Fsp3) is 0.571. The van der Waals surface area contributed by atoms with Gasteiger partial charge in [0, 0.05) is 25.2 Å². The number of aromatic nitrogens is 1. The second kappa shape index (κ2) is 7.12. The van der Waals surface area contributed by atoms with Crippen molar-refractivity contribution >= 4 is 0 Å². The minimum atomic E-state index is -0.137. The predicted octanol–water partition coefficient (Wildman–Crippen LogP) is 3.92. The van der Waals surface area contributed by atoms with E-state index in [1.165, 1.54) is 37.4 Å². The molecule has 4 rings (SSSR count). The zero-order valence-electron chi connectivity index (χ0n) is 15.8. The molecule has 2 fully saturated rings. The second-order valence-electron chi connectivity index (χ2n) is 8.17. The standard InChI is InChI=1S/C21H28FN3O/c1-16-20(17(2)26-23-16)14-25-11-8-21(15-25)6-9-24(10-7-21)13-18-4-3-5-19(22)12-18/h3-5,12H,6-11,13-15H2,1-2H3. The molecular formula is C21H28FN3O. The molecule has 2 aromatic rings. The summed E-state index contributed by atoms with van der Waals surface area (Å²) in [5.41, 5.74) is 3.81. The number of nitrogens with zero attached hydrogens (tertiary/aromatic N) is 3. The number of rotatable bonds is 4. The molecule has 4 nitrogen and oxygen atoms in total. The van der Waals surface area contributed by atoms with Gasteiger partial charge in [-0.25, -0.2) is 4.39 Å². The van der Waals surface area contributed by atoms with Crippen LogP contribution in [-0.4, -0.2) is 41.1 Å². The van der Waals surface area contributed by atoms with Crippen molar-refractivity contribution in [2.75, 3.05) is 26.2 Å². The van der Waals surface area contributed by atoms with E-state index in [0.29, 0.717) is 5.41 Å². The summed E-state index contributed by atoms with van der Waals surface area (Å²) in [5.74, 6) is 0.815. The number of hydrogen-bond donors (Lipinski definition) is 0. The normalized spacial score (nSPS) is 20.9. The number of hydrogen-bond acceptors (Lipinski definition) is 4. The van der Waals surface area contributed by atoms with E-state index in [2.05, 4.69) is 15.0 Å². The molecule has 2 aliphatic heterocycles. The van der Waals surface area contributed by atoms with E-state index in [-0.39, 0.29) is 5.82 Å². The molecule has 3 heterocycles. The zero-order valence-corrected chi connectivity index (χ0v) is 15.8. The van der Waals surface area contributed by atoms with Crippen molar-refractivity contribution in [3.05, 3.63) is 52.7 Å². The van der Waals surface area contributed by atoms with Gasteiger partial charge in [-0.1, -0.05) is 17.3 Å². The Labute approximate surface area is 155 Å². The summed E-state index contributed by atoms with van der Waals surface area (Å²) < 4.78 is 18.7. The first-order chi connectivity index (χ1) is 12.5. The average molecular weight is 357 g/mol. The molecule has 26 heavy (non-hydrogen) atoms. The Morgan fingerprint density at radius 1 is 1.08 bits per heavy atom. The molecule has 0 amide bonds. The van der Waals surface area contributed by atoms with Crippen molar-refractivity contribution in [3.8, 4) is 0 Å². The van der Waals surface area contributed by atoms with Crippen LogP contribution in [0.15, 0.2) is 28.8 Å². The van der Waals surface area contributed by atoms with Gasteiger partial charge in [-0.3, -0.25) is 9.80 Å². The Bertz CT molecular complexity index is 745. The van der Waals surface area contributed by atoms with Gasteiger partial charge < -0.3 is 4.52 Å². The van der Waals surface area contributed by atoms with Gasteiger partial charge in [-0.15, -0.1) is 0 Å². The highest BCUT2D eigenvalue weighted by molar-refractivity contribution is 5.21. The Morgan fingerprint density at radius 2 is 1.81 bits per heavy atom. The van der Waals surface area contributed by atoms with E-state index in [1.54, 1.807) is 12.1 Å². The van der Waals surface area contributed by atoms with Crippen molar-refractivity contribution in [2.45, 2.75) is 46.2 Å². The number of halogens is 1. The Kier molecular flexibility index (Phi) is 4.84. The SMILES string of the molecule is Cc1noc(C)c1CN1CCC2(CCN(Cc3cccc(F)c3)CC2)C1. The lowest BCUT2D eigenvalue weighted by Gasteiger charge is -2.39. The maximum atomic E-state index is 13.4. The van der Waals surface area contributed by atoms with Crippen molar-refractivity contribution < 1.29 is 8.91 Å². The molecule has 1 aromatic carbocycles. The quantitative estimate of drug-likeness (QED) is 0.830. The van der Waals surface area contributed by atoms with Gasteiger partial charge >= 0.3 is 0 Å². The number of piperidine rings is 1. The van der Waals surface area contributed by atoms with Crippen LogP contribution in [0, 0.1) is 25.1 Å². The molecule has 2 aliphatic rings. The summed E-state index contributed by atoms with van der Waals surface area (Å²) in [5, 5.41) is 4.08. The van der Waals surface area contributed by atoms with E-state index >= 15 is 0 Å². The molecule has 0 N–H and O–H groups in total. The Balaban J connectivity index is 1.31. The summed E-state index contributed by atoms with van der Waals surface area (Å²) in [6.07, 6.45) is 3.75. The first-order valence-corrected chi connectivity index (χ1v) is 9.64. The van der Waals surface area contributed by atoms with Crippen LogP contribution in [0.25, 0.3) is 0 Å². The van der Waals surface area contributed by atoms with Gasteiger partial charge in [0.25, 0.3) is 0 Å². The van der Waals surface area contributed by atoms with Gasteiger partial charge in [0.1, 0.15) is 11.6 Å². The summed E-state index contributed by atoms with van der Waals surface area (Å²) in [6.45, 7) is 10.4. The van der Waals surface area contributed by atoms with Crippen LogP contribution in [0.3, 0.4) is 0 Å². The first kappa shape index (κ1) is 17.7. The van der Waals surface area contributed by atoms with Gasteiger partial charge in [0.15, 0.2) is 0 Å². The molecule has 0 unspecified atom stereocenters. The van der Waals surface area contributed by atoms with E-state index in [1.807, 2.05) is 19.9 Å². The summed E-state index contributed by atoms with van der Waals surface area (Å²) in [7, 11) is 0. The van der Waals surface area contributed by atoms with Crippen molar-refractivity contribution in [3.63, 3.8) is 0 Å². The smallest absolute Gasteiger partial charge is 0.138 e. The lowest BCUT2D eigenvalue weighted by molar-refractivity contribution is 0.102. The molecule has 2 saturated heterocycles. The lowest BCUT2D eigenvalue weighted by Crippen LogP contribution is -2.41. The minimum absolute atomic E-state index is 0.137. The molecule has 0 saturated carbocycles. The highest BCUT2D eigenvalue weighted by Crippen LogP contribution is 2.41. The maximum Gasteiger partial charge on any atom is 0.138 e. The number of aryl methyl sites for hydroxylation is 2. The summed E-state index contributed by atoms with van der Waals surface area (Å²) in [4.78, 5) is 5.03.